The zero-order valence-electron chi connectivity index (χ0n) is 10.3. The highest BCUT2D eigenvalue weighted by atomic mass is 15.4. The van der Waals surface area contributed by atoms with E-state index in [1.54, 1.807) is 24.7 Å². The molecular weight excluding hydrogens is 244 g/mol. The van der Waals surface area contributed by atoms with Crippen molar-refractivity contribution in [2.75, 3.05) is 5.73 Å². The monoisotopic (exact) mass is 256 g/mol. The van der Waals surface area contributed by atoms with Crippen LogP contribution in [0.3, 0.4) is 0 Å². The number of aryl methyl sites for hydroxylation is 1. The molecule has 0 fully saturated rings. The molecule has 19 heavy (non-hydrogen) atoms. The summed E-state index contributed by atoms with van der Waals surface area (Å²) in [5.74, 6) is 1.61. The van der Waals surface area contributed by atoms with Crippen molar-refractivity contribution < 1.29 is 0 Å². The number of nitrogens with two attached hydrogens (primary N) is 1. The lowest BCUT2D eigenvalue weighted by molar-refractivity contribution is 0.754. The Morgan fingerprint density at radius 3 is 2.79 bits per heavy atom. The third-order valence-electron chi connectivity index (χ3n) is 2.61. The summed E-state index contributed by atoms with van der Waals surface area (Å²) in [5.41, 5.74) is 5.72. The van der Waals surface area contributed by atoms with Crippen molar-refractivity contribution in [2.45, 2.75) is 13.5 Å². The van der Waals surface area contributed by atoms with E-state index in [2.05, 4.69) is 25.0 Å². The molecule has 8 heteroatoms. The first kappa shape index (κ1) is 11.3. The normalized spacial score (nSPS) is 10.8. The van der Waals surface area contributed by atoms with Crippen LogP contribution >= 0.6 is 0 Å². The summed E-state index contributed by atoms with van der Waals surface area (Å²) in [6.07, 6.45) is 6.95. The Labute approximate surface area is 109 Å². The molecule has 8 nitrogen and oxygen atoms in total. The van der Waals surface area contributed by atoms with Crippen molar-refractivity contribution in [1.29, 1.82) is 0 Å². The average molecular weight is 256 g/mol. The maximum atomic E-state index is 5.72. The predicted molar refractivity (Wildman–Crippen MR) is 68.3 cm³/mol. The van der Waals surface area contributed by atoms with Crippen LogP contribution in [0.2, 0.25) is 0 Å². The van der Waals surface area contributed by atoms with Gasteiger partial charge >= 0.3 is 0 Å². The van der Waals surface area contributed by atoms with E-state index >= 15 is 0 Å². The van der Waals surface area contributed by atoms with Gasteiger partial charge in [0.05, 0.1) is 0 Å². The fraction of sp³-hybridized carbons (Fsp3) is 0.182. The second-order valence-corrected chi connectivity index (χ2v) is 3.80. The summed E-state index contributed by atoms with van der Waals surface area (Å²) in [6, 6.07) is 1.78. The number of rotatable bonds is 3. The summed E-state index contributed by atoms with van der Waals surface area (Å²) in [7, 11) is 0. The van der Waals surface area contributed by atoms with Crippen molar-refractivity contribution in [3.8, 4) is 17.6 Å². The second-order valence-electron chi connectivity index (χ2n) is 3.80. The molecule has 0 atom stereocenters. The third kappa shape index (κ3) is 2.03. The van der Waals surface area contributed by atoms with E-state index < -0.39 is 0 Å². The molecule has 0 radical (unpaired) electrons. The Balaban J connectivity index is 2.13. The summed E-state index contributed by atoms with van der Waals surface area (Å²) in [5, 5.41) is 4.07. The SMILES string of the molecule is CCn1ccnc1-c1nc(N)nc(-n2cccn2)n1. The van der Waals surface area contributed by atoms with Gasteiger partial charge in [-0.05, 0) is 13.0 Å². The van der Waals surface area contributed by atoms with Gasteiger partial charge in [-0.3, -0.25) is 0 Å². The van der Waals surface area contributed by atoms with Gasteiger partial charge in [0, 0.05) is 31.3 Å². The molecule has 0 unspecified atom stereocenters. The highest BCUT2D eigenvalue weighted by Gasteiger charge is 2.12. The van der Waals surface area contributed by atoms with Crippen molar-refractivity contribution >= 4 is 5.95 Å². The molecule has 0 aliphatic carbocycles. The van der Waals surface area contributed by atoms with Gasteiger partial charge in [-0.15, -0.1) is 0 Å². The van der Waals surface area contributed by atoms with Gasteiger partial charge in [-0.25, -0.2) is 9.67 Å². The summed E-state index contributed by atoms with van der Waals surface area (Å²) >= 11 is 0. The maximum absolute atomic E-state index is 5.72. The van der Waals surface area contributed by atoms with E-state index in [1.807, 2.05) is 17.7 Å². The number of nitrogens with zero attached hydrogens (tertiary/aromatic N) is 7. The first-order chi connectivity index (χ1) is 9.28. The minimum atomic E-state index is 0.140. The number of nitrogen functional groups attached to an aromatic ring is 1. The minimum Gasteiger partial charge on any atom is -0.368 e. The van der Waals surface area contributed by atoms with Crippen molar-refractivity contribution in [3.63, 3.8) is 0 Å². The van der Waals surface area contributed by atoms with Crippen LogP contribution in [0.25, 0.3) is 17.6 Å². The number of hydrogen-bond acceptors (Lipinski definition) is 6. The van der Waals surface area contributed by atoms with Gasteiger partial charge in [0.15, 0.2) is 5.82 Å². The summed E-state index contributed by atoms with van der Waals surface area (Å²) in [4.78, 5) is 16.8. The van der Waals surface area contributed by atoms with Crippen LogP contribution in [0.15, 0.2) is 30.9 Å². The van der Waals surface area contributed by atoms with Crippen LogP contribution in [-0.2, 0) is 6.54 Å². The predicted octanol–water partition coefficient (Wildman–Crippen LogP) is 0.523. The van der Waals surface area contributed by atoms with E-state index in [-0.39, 0.29) is 5.95 Å². The Hall–Kier alpha value is -2.77. The number of aromatic nitrogens is 7. The molecule has 3 heterocycles. The molecule has 0 aliphatic heterocycles. The van der Waals surface area contributed by atoms with E-state index in [0.29, 0.717) is 17.6 Å². The second kappa shape index (κ2) is 4.48. The molecule has 2 N–H and O–H groups in total. The maximum Gasteiger partial charge on any atom is 0.256 e. The first-order valence-corrected chi connectivity index (χ1v) is 5.81. The average Bonchev–Trinajstić information content (AvgIpc) is 3.09. The van der Waals surface area contributed by atoms with Crippen LogP contribution in [0.5, 0.6) is 0 Å². The fourth-order valence-corrected chi connectivity index (χ4v) is 1.74. The number of hydrogen-bond donors (Lipinski definition) is 1. The molecular formula is C11H12N8. The number of anilines is 1. The third-order valence-corrected chi connectivity index (χ3v) is 2.61. The van der Waals surface area contributed by atoms with E-state index in [0.717, 1.165) is 6.54 Å². The molecule has 0 aliphatic rings. The molecule has 0 saturated heterocycles. The molecule has 0 aromatic carbocycles. The Bertz CT molecular complexity index is 685. The quantitative estimate of drug-likeness (QED) is 0.733. The Morgan fingerprint density at radius 2 is 2.05 bits per heavy atom. The van der Waals surface area contributed by atoms with Crippen LogP contribution in [0.1, 0.15) is 6.92 Å². The molecule has 0 bridgehead atoms. The Morgan fingerprint density at radius 1 is 1.16 bits per heavy atom. The van der Waals surface area contributed by atoms with Gasteiger partial charge in [0.25, 0.3) is 5.95 Å². The van der Waals surface area contributed by atoms with Crippen molar-refractivity contribution in [2.24, 2.45) is 0 Å². The highest BCUT2D eigenvalue weighted by molar-refractivity contribution is 5.47. The standard InChI is InChI=1S/C11H12N8/c1-2-18-7-5-13-9(18)8-15-10(12)17-11(16-8)19-6-3-4-14-19/h3-7H,2H2,1H3,(H2,12,15,16,17). The largest absolute Gasteiger partial charge is 0.368 e. The molecule has 0 amide bonds. The van der Waals surface area contributed by atoms with Gasteiger partial charge in [-0.1, -0.05) is 0 Å². The zero-order chi connectivity index (χ0) is 13.2. The van der Waals surface area contributed by atoms with Gasteiger partial charge in [0.2, 0.25) is 11.8 Å². The lowest BCUT2D eigenvalue weighted by Gasteiger charge is -2.06. The van der Waals surface area contributed by atoms with Gasteiger partial charge in [0.1, 0.15) is 0 Å². The molecule has 3 rings (SSSR count). The van der Waals surface area contributed by atoms with Crippen LogP contribution < -0.4 is 5.73 Å². The van der Waals surface area contributed by atoms with E-state index in [4.69, 9.17) is 5.73 Å². The van der Waals surface area contributed by atoms with E-state index in [1.165, 1.54) is 4.68 Å². The molecule has 0 spiro atoms. The van der Waals surface area contributed by atoms with Crippen LogP contribution in [0.4, 0.5) is 5.95 Å². The smallest absolute Gasteiger partial charge is 0.256 e. The van der Waals surface area contributed by atoms with Crippen molar-refractivity contribution in [1.82, 2.24) is 34.3 Å². The molecule has 96 valence electrons. The Kier molecular flexibility index (Phi) is 2.67. The van der Waals surface area contributed by atoms with Gasteiger partial charge < -0.3 is 10.3 Å². The molecule has 3 aromatic rings. The summed E-state index contributed by atoms with van der Waals surface area (Å²) < 4.78 is 3.46. The van der Waals surface area contributed by atoms with Crippen molar-refractivity contribution in [3.05, 3.63) is 30.9 Å². The van der Waals surface area contributed by atoms with E-state index in [9.17, 15) is 0 Å². The topological polar surface area (TPSA) is 100 Å². The summed E-state index contributed by atoms with van der Waals surface area (Å²) in [6.45, 7) is 2.79. The minimum absolute atomic E-state index is 0.140. The molecule has 0 saturated carbocycles. The van der Waals surface area contributed by atoms with Crippen LogP contribution in [0, 0.1) is 0 Å². The molecule has 3 aromatic heterocycles. The number of imidazole rings is 1. The lowest BCUT2D eigenvalue weighted by atomic mass is 10.5. The van der Waals surface area contributed by atoms with Gasteiger partial charge in [-0.2, -0.15) is 20.1 Å². The highest BCUT2D eigenvalue weighted by Crippen LogP contribution is 2.14. The first-order valence-electron chi connectivity index (χ1n) is 5.81. The lowest BCUT2D eigenvalue weighted by Crippen LogP contribution is -2.09. The fourth-order valence-electron chi connectivity index (χ4n) is 1.74. The zero-order valence-corrected chi connectivity index (χ0v) is 10.3. The van der Waals surface area contributed by atoms with Crippen LogP contribution in [-0.4, -0.2) is 34.3 Å².